The van der Waals surface area contributed by atoms with Gasteiger partial charge in [0.25, 0.3) is 0 Å². The van der Waals surface area contributed by atoms with Gasteiger partial charge in [-0.2, -0.15) is 0 Å². The molecule has 0 aromatic carbocycles. The normalized spacial score (nSPS) is 10.6. The van der Waals surface area contributed by atoms with Crippen LogP contribution in [0.5, 0.6) is 0 Å². The van der Waals surface area contributed by atoms with E-state index in [1.54, 1.807) is 6.26 Å². The van der Waals surface area contributed by atoms with Gasteiger partial charge in [-0.25, -0.2) is 0 Å². The highest BCUT2D eigenvalue weighted by Crippen LogP contribution is 2.29. The lowest BCUT2D eigenvalue weighted by Crippen LogP contribution is -1.86. The number of hydrogen-bond acceptors (Lipinski definition) is 4. The van der Waals surface area contributed by atoms with Gasteiger partial charge >= 0.3 is 0 Å². The maximum atomic E-state index is 5.55. The Balaban J connectivity index is 2.59. The topological polar surface area (TPSA) is 65.2 Å². The standard InChI is InChI=1S/C9H10N2O2/c1-5-3-4-12-7(5)8-6(2)9(10)11-13-8/h3-4H,1-2H3,(H2,10,11). The van der Waals surface area contributed by atoms with Crippen molar-refractivity contribution < 1.29 is 8.94 Å². The predicted octanol–water partition coefficient (Wildman–Crippen LogP) is 2.13. The van der Waals surface area contributed by atoms with E-state index in [1.807, 2.05) is 19.9 Å². The third kappa shape index (κ3) is 1.11. The van der Waals surface area contributed by atoms with Gasteiger partial charge in [0.1, 0.15) is 0 Å². The maximum Gasteiger partial charge on any atom is 0.207 e. The van der Waals surface area contributed by atoms with Gasteiger partial charge in [0.2, 0.25) is 5.76 Å². The summed E-state index contributed by atoms with van der Waals surface area (Å²) in [5, 5.41) is 3.66. The van der Waals surface area contributed by atoms with Crippen LogP contribution in [-0.2, 0) is 0 Å². The number of hydrogen-bond donors (Lipinski definition) is 1. The molecule has 2 rings (SSSR count). The molecule has 0 amide bonds. The van der Waals surface area contributed by atoms with Crippen LogP contribution in [-0.4, -0.2) is 5.16 Å². The van der Waals surface area contributed by atoms with Crippen molar-refractivity contribution in [2.45, 2.75) is 13.8 Å². The Bertz CT molecular complexity index is 429. The van der Waals surface area contributed by atoms with Crippen LogP contribution < -0.4 is 5.73 Å². The molecule has 2 N–H and O–H groups in total. The quantitative estimate of drug-likeness (QED) is 0.726. The Morgan fingerprint density at radius 2 is 2.08 bits per heavy atom. The molecule has 0 bridgehead atoms. The number of nitrogens with two attached hydrogens (primary N) is 1. The van der Waals surface area contributed by atoms with E-state index in [2.05, 4.69) is 5.16 Å². The molecular weight excluding hydrogens is 168 g/mol. The van der Waals surface area contributed by atoms with Crippen LogP contribution in [0.25, 0.3) is 11.5 Å². The second kappa shape index (κ2) is 2.65. The Labute approximate surface area is 75.3 Å². The molecule has 0 saturated carbocycles. The SMILES string of the molecule is Cc1ccoc1-c1onc(N)c1C. The second-order valence-electron chi connectivity index (χ2n) is 2.95. The zero-order valence-electron chi connectivity index (χ0n) is 7.50. The van der Waals surface area contributed by atoms with Gasteiger partial charge in [0.05, 0.1) is 6.26 Å². The summed E-state index contributed by atoms with van der Waals surface area (Å²) in [4.78, 5) is 0. The number of aryl methyl sites for hydroxylation is 1. The third-order valence-electron chi connectivity index (χ3n) is 2.03. The van der Waals surface area contributed by atoms with Crippen LogP contribution in [0.3, 0.4) is 0 Å². The first-order valence-corrected chi connectivity index (χ1v) is 3.96. The molecule has 0 radical (unpaired) electrons. The summed E-state index contributed by atoms with van der Waals surface area (Å²) in [5.74, 6) is 1.72. The highest BCUT2D eigenvalue weighted by Gasteiger charge is 2.15. The lowest BCUT2D eigenvalue weighted by atomic mass is 10.2. The summed E-state index contributed by atoms with van der Waals surface area (Å²) in [6.45, 7) is 3.79. The van der Waals surface area contributed by atoms with Crippen molar-refractivity contribution in [2.75, 3.05) is 5.73 Å². The number of rotatable bonds is 1. The Morgan fingerprint density at radius 3 is 2.54 bits per heavy atom. The minimum absolute atomic E-state index is 0.408. The number of aromatic nitrogens is 1. The van der Waals surface area contributed by atoms with Crippen molar-refractivity contribution in [1.82, 2.24) is 5.16 Å². The average molecular weight is 178 g/mol. The van der Waals surface area contributed by atoms with Gasteiger partial charge in [-0.15, -0.1) is 0 Å². The molecule has 13 heavy (non-hydrogen) atoms. The molecule has 68 valence electrons. The van der Waals surface area contributed by atoms with E-state index >= 15 is 0 Å². The summed E-state index contributed by atoms with van der Waals surface area (Å²) in [5.41, 5.74) is 7.38. The molecule has 0 unspecified atom stereocenters. The van der Waals surface area contributed by atoms with Crippen LogP contribution in [0.2, 0.25) is 0 Å². The van der Waals surface area contributed by atoms with Crippen molar-refractivity contribution in [1.29, 1.82) is 0 Å². The molecule has 0 atom stereocenters. The summed E-state index contributed by atoms with van der Waals surface area (Å²) in [6.07, 6.45) is 1.61. The van der Waals surface area contributed by atoms with Crippen LogP contribution in [0.1, 0.15) is 11.1 Å². The first-order valence-electron chi connectivity index (χ1n) is 3.96. The first-order chi connectivity index (χ1) is 6.20. The summed E-state index contributed by atoms with van der Waals surface area (Å²) >= 11 is 0. The van der Waals surface area contributed by atoms with E-state index in [4.69, 9.17) is 14.7 Å². The van der Waals surface area contributed by atoms with Crippen LogP contribution in [0, 0.1) is 13.8 Å². The summed E-state index contributed by atoms with van der Waals surface area (Å²) in [6, 6.07) is 1.87. The number of anilines is 1. The molecule has 4 heteroatoms. The van der Waals surface area contributed by atoms with Gasteiger partial charge < -0.3 is 14.7 Å². The summed E-state index contributed by atoms with van der Waals surface area (Å²) < 4.78 is 10.3. The van der Waals surface area contributed by atoms with Crippen molar-refractivity contribution in [3.8, 4) is 11.5 Å². The average Bonchev–Trinajstić information content (AvgIpc) is 2.62. The van der Waals surface area contributed by atoms with E-state index < -0.39 is 0 Å². The molecule has 2 heterocycles. The Morgan fingerprint density at radius 1 is 1.31 bits per heavy atom. The molecule has 0 aliphatic carbocycles. The second-order valence-corrected chi connectivity index (χ2v) is 2.95. The lowest BCUT2D eigenvalue weighted by Gasteiger charge is -1.92. The molecule has 0 aliphatic rings. The predicted molar refractivity (Wildman–Crippen MR) is 48.1 cm³/mol. The zero-order valence-corrected chi connectivity index (χ0v) is 7.50. The summed E-state index contributed by atoms with van der Waals surface area (Å²) in [7, 11) is 0. The molecule has 2 aromatic rings. The Hall–Kier alpha value is -1.71. The largest absolute Gasteiger partial charge is 0.461 e. The van der Waals surface area contributed by atoms with Gasteiger partial charge in [0.15, 0.2) is 11.6 Å². The lowest BCUT2D eigenvalue weighted by molar-refractivity contribution is 0.420. The van der Waals surface area contributed by atoms with Gasteiger partial charge in [-0.05, 0) is 25.5 Å². The van der Waals surface area contributed by atoms with E-state index in [0.717, 1.165) is 11.1 Å². The molecular formula is C9H10N2O2. The van der Waals surface area contributed by atoms with Crippen LogP contribution in [0.15, 0.2) is 21.3 Å². The van der Waals surface area contributed by atoms with E-state index in [0.29, 0.717) is 17.3 Å². The fourth-order valence-corrected chi connectivity index (χ4v) is 1.17. The first kappa shape index (κ1) is 7.91. The fraction of sp³-hybridized carbons (Fsp3) is 0.222. The van der Waals surface area contributed by atoms with Gasteiger partial charge in [0, 0.05) is 5.56 Å². The molecule has 2 aromatic heterocycles. The van der Waals surface area contributed by atoms with E-state index in [9.17, 15) is 0 Å². The van der Waals surface area contributed by atoms with Gasteiger partial charge in [-0.1, -0.05) is 5.16 Å². The van der Waals surface area contributed by atoms with Crippen molar-refractivity contribution in [3.05, 3.63) is 23.5 Å². The van der Waals surface area contributed by atoms with Crippen LogP contribution in [0.4, 0.5) is 5.82 Å². The fourth-order valence-electron chi connectivity index (χ4n) is 1.17. The van der Waals surface area contributed by atoms with Crippen molar-refractivity contribution >= 4 is 5.82 Å². The highest BCUT2D eigenvalue weighted by molar-refractivity contribution is 5.63. The highest BCUT2D eigenvalue weighted by atomic mass is 16.5. The molecule has 4 nitrogen and oxygen atoms in total. The monoisotopic (exact) mass is 178 g/mol. The molecule has 0 fully saturated rings. The molecule has 0 spiro atoms. The molecule has 0 saturated heterocycles. The Kier molecular flexibility index (Phi) is 1.62. The minimum Gasteiger partial charge on any atom is -0.461 e. The number of nitrogens with zero attached hydrogens (tertiary/aromatic N) is 1. The van der Waals surface area contributed by atoms with Gasteiger partial charge in [-0.3, -0.25) is 0 Å². The van der Waals surface area contributed by atoms with Crippen LogP contribution >= 0.6 is 0 Å². The van der Waals surface area contributed by atoms with Crippen molar-refractivity contribution in [3.63, 3.8) is 0 Å². The third-order valence-corrected chi connectivity index (χ3v) is 2.03. The zero-order chi connectivity index (χ0) is 9.42. The number of nitrogen functional groups attached to an aromatic ring is 1. The van der Waals surface area contributed by atoms with E-state index in [-0.39, 0.29) is 0 Å². The van der Waals surface area contributed by atoms with Crippen molar-refractivity contribution in [2.24, 2.45) is 0 Å². The smallest absolute Gasteiger partial charge is 0.207 e. The number of furan rings is 1. The van der Waals surface area contributed by atoms with E-state index in [1.165, 1.54) is 0 Å². The minimum atomic E-state index is 0.408. The maximum absolute atomic E-state index is 5.55. The molecule has 0 aliphatic heterocycles.